The Morgan fingerprint density at radius 3 is 2.46 bits per heavy atom. The number of nitrogens with one attached hydrogen (secondary N) is 1. The second-order valence-electron chi connectivity index (χ2n) is 4.34. The van der Waals surface area contributed by atoms with Crippen LogP contribution in [0.25, 0.3) is 0 Å². The van der Waals surface area contributed by atoms with Gasteiger partial charge in [-0.2, -0.15) is 0 Å². The molecule has 3 heteroatoms. The Hall–Kier alpha value is -0.120. The van der Waals surface area contributed by atoms with Crippen LogP contribution in [-0.4, -0.2) is 50.3 Å². The van der Waals surface area contributed by atoms with E-state index in [0.29, 0.717) is 0 Å². The minimum Gasteiger partial charge on any atom is -0.379 e. The van der Waals surface area contributed by atoms with Crippen LogP contribution < -0.4 is 5.32 Å². The van der Waals surface area contributed by atoms with Crippen LogP contribution in [0.2, 0.25) is 0 Å². The van der Waals surface area contributed by atoms with Gasteiger partial charge < -0.3 is 10.1 Å². The van der Waals surface area contributed by atoms with E-state index in [-0.39, 0.29) is 5.54 Å². The van der Waals surface area contributed by atoms with Crippen LogP contribution in [-0.2, 0) is 4.74 Å². The molecule has 78 valence electrons. The van der Waals surface area contributed by atoms with Crippen LogP contribution in [0.4, 0.5) is 0 Å². The van der Waals surface area contributed by atoms with Crippen molar-refractivity contribution in [2.75, 3.05) is 39.9 Å². The molecule has 0 amide bonds. The number of morpholine rings is 1. The topological polar surface area (TPSA) is 24.5 Å². The summed E-state index contributed by atoms with van der Waals surface area (Å²) in [4.78, 5) is 2.47. The highest BCUT2D eigenvalue weighted by atomic mass is 16.5. The smallest absolute Gasteiger partial charge is 0.0594 e. The Morgan fingerprint density at radius 2 is 1.92 bits per heavy atom. The summed E-state index contributed by atoms with van der Waals surface area (Å²) >= 11 is 0. The van der Waals surface area contributed by atoms with Crippen molar-refractivity contribution in [3.8, 4) is 0 Å². The summed E-state index contributed by atoms with van der Waals surface area (Å²) in [6.45, 7) is 9.66. The predicted octanol–water partition coefficient (Wildman–Crippen LogP) is 0.707. The first-order valence-corrected chi connectivity index (χ1v) is 5.13. The van der Waals surface area contributed by atoms with Gasteiger partial charge in [0.15, 0.2) is 0 Å². The van der Waals surface area contributed by atoms with Gasteiger partial charge in [0.25, 0.3) is 0 Å². The Kier molecular flexibility index (Phi) is 4.16. The third kappa shape index (κ3) is 4.07. The monoisotopic (exact) mass is 186 g/mol. The van der Waals surface area contributed by atoms with E-state index in [1.165, 1.54) is 13.0 Å². The minimum atomic E-state index is 0.262. The number of hydrogen-bond donors (Lipinski definition) is 1. The lowest BCUT2D eigenvalue weighted by Gasteiger charge is -2.31. The van der Waals surface area contributed by atoms with Gasteiger partial charge in [0.05, 0.1) is 13.2 Å². The van der Waals surface area contributed by atoms with E-state index in [2.05, 4.69) is 24.1 Å². The van der Waals surface area contributed by atoms with Crippen LogP contribution in [0.15, 0.2) is 0 Å². The molecule has 0 bridgehead atoms. The number of rotatable bonds is 4. The zero-order valence-corrected chi connectivity index (χ0v) is 9.10. The molecule has 0 atom stereocenters. The summed E-state index contributed by atoms with van der Waals surface area (Å²) in [5.41, 5.74) is 0.262. The van der Waals surface area contributed by atoms with E-state index in [1.807, 2.05) is 7.05 Å². The molecule has 0 unspecified atom stereocenters. The van der Waals surface area contributed by atoms with Crippen molar-refractivity contribution < 1.29 is 4.74 Å². The average Bonchev–Trinajstić information content (AvgIpc) is 2.17. The summed E-state index contributed by atoms with van der Waals surface area (Å²) in [5, 5.41) is 3.32. The molecule has 1 rings (SSSR count). The first kappa shape index (κ1) is 11.0. The third-order valence-electron chi connectivity index (χ3n) is 2.83. The van der Waals surface area contributed by atoms with Gasteiger partial charge in [0.2, 0.25) is 0 Å². The van der Waals surface area contributed by atoms with Crippen LogP contribution in [0.5, 0.6) is 0 Å². The maximum atomic E-state index is 5.30. The van der Waals surface area contributed by atoms with E-state index in [9.17, 15) is 0 Å². The van der Waals surface area contributed by atoms with Crippen LogP contribution in [0.3, 0.4) is 0 Å². The van der Waals surface area contributed by atoms with Gasteiger partial charge in [0, 0.05) is 25.2 Å². The Bertz CT molecular complexity index is 142. The predicted molar refractivity (Wildman–Crippen MR) is 55.0 cm³/mol. The van der Waals surface area contributed by atoms with Crippen molar-refractivity contribution >= 4 is 0 Å². The molecule has 1 aliphatic rings. The summed E-state index contributed by atoms with van der Waals surface area (Å²) < 4.78 is 5.30. The highest BCUT2D eigenvalue weighted by molar-refractivity contribution is 4.77. The Morgan fingerprint density at radius 1 is 1.31 bits per heavy atom. The SMILES string of the molecule is CNC(C)(C)CCN1CCOCC1. The average molecular weight is 186 g/mol. The van der Waals surface area contributed by atoms with Crippen molar-refractivity contribution in [3.63, 3.8) is 0 Å². The van der Waals surface area contributed by atoms with E-state index in [4.69, 9.17) is 4.74 Å². The van der Waals surface area contributed by atoms with Crippen molar-refractivity contribution in [2.24, 2.45) is 0 Å². The number of hydrogen-bond acceptors (Lipinski definition) is 3. The van der Waals surface area contributed by atoms with Gasteiger partial charge in [-0.1, -0.05) is 0 Å². The molecule has 0 aromatic carbocycles. The van der Waals surface area contributed by atoms with Gasteiger partial charge in [-0.15, -0.1) is 0 Å². The molecule has 0 aliphatic carbocycles. The Balaban J connectivity index is 2.17. The highest BCUT2D eigenvalue weighted by Crippen LogP contribution is 2.09. The summed E-state index contributed by atoms with van der Waals surface area (Å²) in [6, 6.07) is 0. The van der Waals surface area contributed by atoms with E-state index in [1.54, 1.807) is 0 Å². The van der Waals surface area contributed by atoms with Gasteiger partial charge in [-0.25, -0.2) is 0 Å². The Labute approximate surface area is 81.4 Å². The molecule has 3 nitrogen and oxygen atoms in total. The minimum absolute atomic E-state index is 0.262. The maximum absolute atomic E-state index is 5.30. The van der Waals surface area contributed by atoms with Crippen LogP contribution in [0.1, 0.15) is 20.3 Å². The molecule has 1 saturated heterocycles. The van der Waals surface area contributed by atoms with Crippen molar-refractivity contribution in [1.29, 1.82) is 0 Å². The van der Waals surface area contributed by atoms with Crippen molar-refractivity contribution in [3.05, 3.63) is 0 Å². The molecule has 1 aliphatic heterocycles. The third-order valence-corrected chi connectivity index (χ3v) is 2.83. The van der Waals surface area contributed by atoms with Gasteiger partial charge in [-0.05, 0) is 27.3 Å². The summed E-state index contributed by atoms with van der Waals surface area (Å²) in [7, 11) is 2.03. The van der Waals surface area contributed by atoms with Crippen LogP contribution >= 0.6 is 0 Å². The maximum Gasteiger partial charge on any atom is 0.0594 e. The molecule has 0 aromatic heterocycles. The number of nitrogens with zero attached hydrogens (tertiary/aromatic N) is 1. The van der Waals surface area contributed by atoms with E-state index in [0.717, 1.165) is 26.3 Å². The second kappa shape index (κ2) is 4.94. The standard InChI is InChI=1S/C10H22N2O/c1-10(2,11-3)4-5-12-6-8-13-9-7-12/h11H,4-9H2,1-3H3. The quantitative estimate of drug-likeness (QED) is 0.699. The van der Waals surface area contributed by atoms with E-state index < -0.39 is 0 Å². The van der Waals surface area contributed by atoms with Gasteiger partial charge in [0.1, 0.15) is 0 Å². The largest absolute Gasteiger partial charge is 0.379 e. The van der Waals surface area contributed by atoms with E-state index >= 15 is 0 Å². The molecule has 1 heterocycles. The number of ether oxygens (including phenoxy) is 1. The van der Waals surface area contributed by atoms with Gasteiger partial charge in [-0.3, -0.25) is 4.90 Å². The summed E-state index contributed by atoms with van der Waals surface area (Å²) in [6.07, 6.45) is 1.20. The fraction of sp³-hybridized carbons (Fsp3) is 1.00. The lowest BCUT2D eigenvalue weighted by molar-refractivity contribution is 0.0345. The summed E-state index contributed by atoms with van der Waals surface area (Å²) in [5.74, 6) is 0. The highest BCUT2D eigenvalue weighted by Gasteiger charge is 2.17. The molecule has 1 fully saturated rings. The normalized spacial score (nSPS) is 20.5. The molecule has 1 N–H and O–H groups in total. The van der Waals surface area contributed by atoms with Crippen LogP contribution in [0, 0.1) is 0 Å². The molecule has 13 heavy (non-hydrogen) atoms. The lowest BCUT2D eigenvalue weighted by atomic mass is 10.0. The molecule has 0 aromatic rings. The molecule has 0 saturated carbocycles. The first-order chi connectivity index (χ1) is 6.14. The van der Waals surface area contributed by atoms with Crippen molar-refractivity contribution in [1.82, 2.24) is 10.2 Å². The lowest BCUT2D eigenvalue weighted by Crippen LogP contribution is -2.43. The fourth-order valence-corrected chi connectivity index (χ4v) is 1.39. The first-order valence-electron chi connectivity index (χ1n) is 5.13. The zero-order chi connectivity index (χ0) is 9.73. The molecular weight excluding hydrogens is 164 g/mol. The second-order valence-corrected chi connectivity index (χ2v) is 4.34. The molecule has 0 spiro atoms. The zero-order valence-electron chi connectivity index (χ0n) is 9.10. The van der Waals surface area contributed by atoms with Gasteiger partial charge >= 0.3 is 0 Å². The van der Waals surface area contributed by atoms with Crippen molar-refractivity contribution in [2.45, 2.75) is 25.8 Å². The molecular formula is C10H22N2O. The molecule has 0 radical (unpaired) electrons. The fourth-order valence-electron chi connectivity index (χ4n) is 1.39.